The highest BCUT2D eigenvalue weighted by molar-refractivity contribution is 6.18. The molecule has 61 heavy (non-hydrogen) atoms. The Bertz CT molecular complexity index is 3800. The molecule has 0 fully saturated rings. The van der Waals surface area contributed by atoms with E-state index in [0.717, 1.165) is 77.3 Å². The van der Waals surface area contributed by atoms with E-state index in [0.29, 0.717) is 5.82 Å². The van der Waals surface area contributed by atoms with Gasteiger partial charge in [0.15, 0.2) is 5.82 Å². The lowest BCUT2D eigenvalue weighted by Gasteiger charge is -2.22. The average molecular weight is 781 g/mol. The molecule has 0 spiro atoms. The first kappa shape index (κ1) is 34.1. The van der Waals surface area contributed by atoms with Gasteiger partial charge in [-0.3, -0.25) is 0 Å². The number of aromatic nitrogens is 2. The second kappa shape index (κ2) is 12.6. The molecule has 3 aromatic heterocycles. The molecule has 13 rings (SSSR count). The second-order valence-corrected chi connectivity index (χ2v) is 16.9. The summed E-state index contributed by atoms with van der Waals surface area (Å²) in [5, 5.41) is 8.95. The minimum Gasteiger partial charge on any atom is -0.456 e. The van der Waals surface area contributed by atoms with E-state index >= 15 is 0 Å². The van der Waals surface area contributed by atoms with Crippen molar-refractivity contribution >= 4 is 65.4 Å². The van der Waals surface area contributed by atoms with Gasteiger partial charge in [-0.1, -0.05) is 153 Å². The van der Waals surface area contributed by atoms with Crippen LogP contribution < -0.4 is 0 Å². The Hall–Kier alpha value is -7.82. The van der Waals surface area contributed by atoms with E-state index in [1.807, 2.05) is 48.5 Å². The highest BCUT2D eigenvalue weighted by Crippen LogP contribution is 2.54. The molecule has 0 saturated carbocycles. The second-order valence-electron chi connectivity index (χ2n) is 16.9. The summed E-state index contributed by atoms with van der Waals surface area (Å²) in [6.07, 6.45) is 0. The molecule has 1 aliphatic carbocycles. The standard InChI is InChI=1S/C57H36N2O2/c1-57(2)46-23-12-21-41(54(46)44-28-34-16-6-7-17-35(34)29-47(44)57)38-26-27-39(37-19-9-8-18-36(37)38)48-32-49(59-56(58-48)33-14-4-3-5-15-33)42-22-13-25-51-55(42)45-31-52-43(30-53(45)61-51)40-20-10-11-24-50(40)60-52/h3-32H,1-2H3. The zero-order chi connectivity index (χ0) is 40.4. The molecular formula is C57H36N2O2. The van der Waals surface area contributed by atoms with Gasteiger partial charge in [-0.15, -0.1) is 0 Å². The maximum atomic E-state index is 6.59. The van der Waals surface area contributed by atoms with Gasteiger partial charge in [0.2, 0.25) is 0 Å². The predicted octanol–water partition coefficient (Wildman–Crippen LogP) is 15.6. The average Bonchev–Trinajstić information content (AvgIpc) is 3.93. The maximum Gasteiger partial charge on any atom is 0.160 e. The zero-order valence-electron chi connectivity index (χ0n) is 33.5. The van der Waals surface area contributed by atoms with Gasteiger partial charge < -0.3 is 8.83 Å². The third kappa shape index (κ3) is 5.00. The van der Waals surface area contributed by atoms with Crippen LogP contribution in [0.3, 0.4) is 0 Å². The molecule has 3 heterocycles. The third-order valence-corrected chi connectivity index (χ3v) is 13.1. The molecule has 0 amide bonds. The summed E-state index contributed by atoms with van der Waals surface area (Å²) in [6, 6.07) is 64.7. The SMILES string of the molecule is CC1(C)c2cc3ccccc3cc2-c2c(-c3ccc(-c4cc(-c5cccc6oc7cc8c(cc7c56)oc5ccccc58)nc(-c5ccccc5)n4)c4ccccc34)cccc21. The van der Waals surface area contributed by atoms with Gasteiger partial charge in [0.25, 0.3) is 0 Å². The lowest BCUT2D eigenvalue weighted by molar-refractivity contribution is 0.661. The lowest BCUT2D eigenvalue weighted by Crippen LogP contribution is -2.14. The van der Waals surface area contributed by atoms with E-state index < -0.39 is 0 Å². The van der Waals surface area contributed by atoms with E-state index in [4.69, 9.17) is 18.8 Å². The first-order valence-electron chi connectivity index (χ1n) is 20.9. The fraction of sp³-hybridized carbons (Fsp3) is 0.0526. The fourth-order valence-corrected chi connectivity index (χ4v) is 10.2. The number of benzene rings is 9. The van der Waals surface area contributed by atoms with Crippen LogP contribution in [0.2, 0.25) is 0 Å². The molecule has 0 aliphatic heterocycles. The molecule has 286 valence electrons. The third-order valence-electron chi connectivity index (χ3n) is 13.1. The topological polar surface area (TPSA) is 52.1 Å². The first-order chi connectivity index (χ1) is 30.0. The molecule has 0 atom stereocenters. The van der Waals surface area contributed by atoms with Crippen LogP contribution >= 0.6 is 0 Å². The van der Waals surface area contributed by atoms with Crippen molar-refractivity contribution in [2.24, 2.45) is 0 Å². The monoisotopic (exact) mass is 780 g/mol. The minimum absolute atomic E-state index is 0.132. The lowest BCUT2D eigenvalue weighted by atomic mass is 9.81. The van der Waals surface area contributed by atoms with E-state index in [1.54, 1.807) is 0 Å². The Kier molecular flexibility index (Phi) is 7.04. The van der Waals surface area contributed by atoms with Crippen molar-refractivity contribution in [2.45, 2.75) is 19.3 Å². The van der Waals surface area contributed by atoms with Crippen molar-refractivity contribution in [3.8, 4) is 56.2 Å². The van der Waals surface area contributed by atoms with Gasteiger partial charge in [0.05, 0.1) is 11.4 Å². The van der Waals surface area contributed by atoms with Gasteiger partial charge >= 0.3 is 0 Å². The molecule has 0 bridgehead atoms. The number of nitrogens with zero attached hydrogens (tertiary/aromatic N) is 2. The van der Waals surface area contributed by atoms with Crippen LogP contribution in [0.25, 0.3) is 122 Å². The molecule has 0 saturated heterocycles. The van der Waals surface area contributed by atoms with Crippen molar-refractivity contribution in [2.75, 3.05) is 0 Å². The Morgan fingerprint density at radius 2 is 0.984 bits per heavy atom. The summed E-state index contributed by atoms with van der Waals surface area (Å²) in [7, 11) is 0. The minimum atomic E-state index is -0.132. The van der Waals surface area contributed by atoms with Gasteiger partial charge in [-0.25, -0.2) is 9.97 Å². The molecule has 1 aliphatic rings. The molecule has 0 N–H and O–H groups in total. The maximum absolute atomic E-state index is 6.59. The molecule has 9 aromatic carbocycles. The van der Waals surface area contributed by atoms with Crippen molar-refractivity contribution in [1.82, 2.24) is 9.97 Å². The Morgan fingerprint density at radius 1 is 0.377 bits per heavy atom. The van der Waals surface area contributed by atoms with Crippen LogP contribution in [0.5, 0.6) is 0 Å². The predicted molar refractivity (Wildman–Crippen MR) is 251 cm³/mol. The van der Waals surface area contributed by atoms with Crippen LogP contribution in [-0.4, -0.2) is 9.97 Å². The number of rotatable bonds is 4. The van der Waals surface area contributed by atoms with Gasteiger partial charge in [0, 0.05) is 43.7 Å². The Balaban J connectivity index is 1.03. The number of hydrogen-bond donors (Lipinski definition) is 0. The largest absolute Gasteiger partial charge is 0.456 e. The zero-order valence-corrected chi connectivity index (χ0v) is 33.5. The number of furan rings is 2. The number of para-hydroxylation sites is 1. The van der Waals surface area contributed by atoms with E-state index in [9.17, 15) is 0 Å². The van der Waals surface area contributed by atoms with Crippen LogP contribution in [0.15, 0.2) is 191 Å². The number of hydrogen-bond acceptors (Lipinski definition) is 4. The smallest absolute Gasteiger partial charge is 0.160 e. The first-order valence-corrected chi connectivity index (χ1v) is 20.9. The van der Waals surface area contributed by atoms with Crippen LogP contribution in [0.1, 0.15) is 25.0 Å². The van der Waals surface area contributed by atoms with Crippen molar-refractivity contribution in [3.05, 3.63) is 193 Å². The number of fused-ring (bicyclic) bond motifs is 11. The highest BCUT2D eigenvalue weighted by Gasteiger charge is 2.37. The molecule has 0 unspecified atom stereocenters. The van der Waals surface area contributed by atoms with Crippen LogP contribution in [-0.2, 0) is 5.41 Å². The highest BCUT2D eigenvalue weighted by atomic mass is 16.3. The summed E-state index contributed by atoms with van der Waals surface area (Å²) in [4.78, 5) is 10.6. The van der Waals surface area contributed by atoms with E-state index in [-0.39, 0.29) is 5.41 Å². The summed E-state index contributed by atoms with van der Waals surface area (Å²) in [5.74, 6) is 0.665. The molecular weight excluding hydrogens is 745 g/mol. The van der Waals surface area contributed by atoms with Crippen LogP contribution in [0.4, 0.5) is 0 Å². The summed E-state index contributed by atoms with van der Waals surface area (Å²) in [5.41, 5.74) is 15.6. The summed E-state index contributed by atoms with van der Waals surface area (Å²) < 4.78 is 12.9. The van der Waals surface area contributed by atoms with Crippen molar-refractivity contribution in [1.29, 1.82) is 0 Å². The summed E-state index contributed by atoms with van der Waals surface area (Å²) in [6.45, 7) is 4.72. The Morgan fingerprint density at radius 3 is 1.82 bits per heavy atom. The van der Waals surface area contributed by atoms with Crippen molar-refractivity contribution in [3.63, 3.8) is 0 Å². The van der Waals surface area contributed by atoms with Crippen molar-refractivity contribution < 1.29 is 8.83 Å². The molecule has 0 radical (unpaired) electrons. The molecule has 4 nitrogen and oxygen atoms in total. The van der Waals surface area contributed by atoms with Gasteiger partial charge in [0.1, 0.15) is 22.3 Å². The quantitative estimate of drug-likeness (QED) is 0.178. The Labute approximate surface area is 351 Å². The van der Waals surface area contributed by atoms with Crippen LogP contribution in [0, 0.1) is 0 Å². The van der Waals surface area contributed by atoms with E-state index in [1.165, 1.54) is 49.5 Å². The fourth-order valence-electron chi connectivity index (χ4n) is 10.2. The van der Waals surface area contributed by atoms with E-state index in [2.05, 4.69) is 147 Å². The summed E-state index contributed by atoms with van der Waals surface area (Å²) >= 11 is 0. The molecule has 12 aromatic rings. The van der Waals surface area contributed by atoms with Gasteiger partial charge in [-0.2, -0.15) is 0 Å². The molecule has 4 heteroatoms. The van der Waals surface area contributed by atoms with Gasteiger partial charge in [-0.05, 0) is 97.4 Å². The normalized spacial score (nSPS) is 13.2.